The van der Waals surface area contributed by atoms with Gasteiger partial charge in [-0.15, -0.1) is 0 Å². The third kappa shape index (κ3) is 2.25. The Labute approximate surface area is 133 Å². The molecule has 0 saturated heterocycles. The Morgan fingerprint density at radius 1 is 1.30 bits per heavy atom. The number of methoxy groups -OCH3 is 1. The van der Waals surface area contributed by atoms with Crippen LogP contribution < -0.4 is 20.7 Å². The van der Waals surface area contributed by atoms with Gasteiger partial charge in [0.2, 0.25) is 5.88 Å². The van der Waals surface area contributed by atoms with Gasteiger partial charge in [-0.3, -0.25) is 4.99 Å². The molecule has 2 aromatic rings. The molecule has 7 heteroatoms. The number of hydrogen-bond donors (Lipinski definition) is 2. The van der Waals surface area contributed by atoms with Crippen molar-refractivity contribution in [1.29, 1.82) is 0 Å². The second-order valence-electron chi connectivity index (χ2n) is 5.29. The minimum atomic E-state index is -0.394. The first-order chi connectivity index (χ1) is 11.3. The Bertz CT molecular complexity index is 778. The molecule has 0 bridgehead atoms. The van der Waals surface area contributed by atoms with E-state index in [1.807, 2.05) is 35.2 Å². The average molecular weight is 311 g/mol. The molecule has 0 aliphatic carbocycles. The van der Waals surface area contributed by atoms with Gasteiger partial charge >= 0.3 is 0 Å². The number of anilines is 1. The van der Waals surface area contributed by atoms with Crippen LogP contribution in [0.5, 0.6) is 5.75 Å². The molecule has 4 rings (SSSR count). The second kappa shape index (κ2) is 5.44. The molecule has 1 aromatic carbocycles. The first-order valence-corrected chi connectivity index (χ1v) is 7.41. The molecule has 0 spiro atoms. The van der Waals surface area contributed by atoms with Gasteiger partial charge in [0.15, 0.2) is 11.7 Å². The largest absolute Gasteiger partial charge is 0.497 e. The third-order valence-corrected chi connectivity index (χ3v) is 3.94. The smallest absolute Gasteiger partial charge is 0.227 e. The maximum atomic E-state index is 6.47. The lowest BCUT2D eigenvalue weighted by Gasteiger charge is -2.34. The summed E-state index contributed by atoms with van der Waals surface area (Å²) in [5.74, 6) is 2.73. The molecule has 1 atom stereocenters. The first-order valence-electron chi connectivity index (χ1n) is 7.41. The van der Waals surface area contributed by atoms with E-state index in [1.165, 1.54) is 0 Å². The SMILES string of the molecule is COc1ccc(N2C(C3=NCCN3)=Nc3occc3C2N)cc1. The number of ether oxygens (including phenoxy) is 1. The van der Waals surface area contributed by atoms with Crippen LogP contribution in [0.4, 0.5) is 11.6 Å². The zero-order valence-electron chi connectivity index (χ0n) is 12.7. The number of furan rings is 1. The van der Waals surface area contributed by atoms with E-state index in [0.29, 0.717) is 11.7 Å². The lowest BCUT2D eigenvalue weighted by Crippen LogP contribution is -2.48. The Hall–Kier alpha value is -2.80. The van der Waals surface area contributed by atoms with Gasteiger partial charge in [0.25, 0.3) is 0 Å². The fourth-order valence-corrected chi connectivity index (χ4v) is 2.79. The van der Waals surface area contributed by atoms with Gasteiger partial charge < -0.3 is 25.1 Å². The highest BCUT2D eigenvalue weighted by Crippen LogP contribution is 2.36. The van der Waals surface area contributed by atoms with Crippen molar-refractivity contribution < 1.29 is 9.15 Å². The van der Waals surface area contributed by atoms with Crippen LogP contribution in [-0.2, 0) is 0 Å². The molecule has 2 aliphatic heterocycles. The number of hydrogen-bond acceptors (Lipinski definition) is 7. The molecule has 23 heavy (non-hydrogen) atoms. The van der Waals surface area contributed by atoms with E-state index in [1.54, 1.807) is 13.4 Å². The van der Waals surface area contributed by atoms with E-state index >= 15 is 0 Å². The van der Waals surface area contributed by atoms with Crippen LogP contribution in [0.1, 0.15) is 11.7 Å². The van der Waals surface area contributed by atoms with Crippen LogP contribution in [0.25, 0.3) is 0 Å². The van der Waals surface area contributed by atoms with E-state index in [4.69, 9.17) is 14.9 Å². The van der Waals surface area contributed by atoms with Crippen molar-refractivity contribution in [3.05, 3.63) is 42.2 Å². The Kier molecular flexibility index (Phi) is 3.27. The summed E-state index contributed by atoms with van der Waals surface area (Å²) in [4.78, 5) is 11.0. The molecule has 3 heterocycles. The maximum absolute atomic E-state index is 6.47. The number of amidine groups is 2. The number of fused-ring (bicyclic) bond motifs is 1. The van der Waals surface area contributed by atoms with E-state index in [-0.39, 0.29) is 0 Å². The lowest BCUT2D eigenvalue weighted by atomic mass is 10.1. The van der Waals surface area contributed by atoms with E-state index in [9.17, 15) is 0 Å². The standard InChI is InChI=1S/C16H17N5O2/c1-22-11-4-2-10(3-5-11)21-13(17)12-6-9-23-16(12)20-15(21)14-18-7-8-19-14/h2-6,9,13H,7-8,17H2,1H3,(H,18,19). The van der Waals surface area contributed by atoms with Crippen molar-refractivity contribution in [2.75, 3.05) is 25.1 Å². The van der Waals surface area contributed by atoms with E-state index in [2.05, 4.69) is 15.3 Å². The van der Waals surface area contributed by atoms with E-state index < -0.39 is 6.17 Å². The number of nitrogens with one attached hydrogen (secondary N) is 1. The van der Waals surface area contributed by atoms with Gasteiger partial charge in [-0.2, -0.15) is 4.99 Å². The zero-order valence-corrected chi connectivity index (χ0v) is 12.7. The highest BCUT2D eigenvalue weighted by molar-refractivity contribution is 6.46. The van der Waals surface area contributed by atoms with Crippen molar-refractivity contribution >= 4 is 23.2 Å². The number of benzene rings is 1. The Balaban J connectivity index is 1.81. The molecule has 118 valence electrons. The fraction of sp³-hybridized carbons (Fsp3) is 0.250. The highest BCUT2D eigenvalue weighted by atomic mass is 16.5. The molecule has 1 aromatic heterocycles. The lowest BCUT2D eigenvalue weighted by molar-refractivity contribution is 0.415. The van der Waals surface area contributed by atoms with Crippen molar-refractivity contribution in [2.24, 2.45) is 15.7 Å². The quantitative estimate of drug-likeness (QED) is 0.902. The Morgan fingerprint density at radius 3 is 2.83 bits per heavy atom. The minimum absolute atomic E-state index is 0.394. The molecular weight excluding hydrogens is 294 g/mol. The molecule has 1 unspecified atom stereocenters. The van der Waals surface area contributed by atoms with Gasteiger partial charge in [0.1, 0.15) is 11.9 Å². The first kappa shape index (κ1) is 13.8. The van der Waals surface area contributed by atoms with Crippen LogP contribution in [0.3, 0.4) is 0 Å². The van der Waals surface area contributed by atoms with Crippen LogP contribution in [0, 0.1) is 0 Å². The predicted molar refractivity (Wildman–Crippen MR) is 88.5 cm³/mol. The summed E-state index contributed by atoms with van der Waals surface area (Å²) in [5.41, 5.74) is 8.23. The van der Waals surface area contributed by atoms with Gasteiger partial charge in [-0.25, -0.2) is 0 Å². The molecular formula is C16H17N5O2. The van der Waals surface area contributed by atoms with Gasteiger partial charge in [-0.1, -0.05) is 0 Å². The van der Waals surface area contributed by atoms with Gasteiger partial charge in [-0.05, 0) is 30.3 Å². The normalized spacial score (nSPS) is 19.7. The fourth-order valence-electron chi connectivity index (χ4n) is 2.79. The van der Waals surface area contributed by atoms with Crippen molar-refractivity contribution in [3.8, 4) is 5.75 Å². The summed E-state index contributed by atoms with van der Waals surface area (Å²) in [6.45, 7) is 1.52. The molecule has 0 fully saturated rings. The number of nitrogens with two attached hydrogens (primary N) is 1. The highest BCUT2D eigenvalue weighted by Gasteiger charge is 2.33. The predicted octanol–water partition coefficient (Wildman–Crippen LogP) is 1.80. The van der Waals surface area contributed by atoms with Gasteiger partial charge in [0, 0.05) is 12.2 Å². The zero-order chi connectivity index (χ0) is 15.8. The summed E-state index contributed by atoms with van der Waals surface area (Å²) in [6.07, 6.45) is 1.21. The van der Waals surface area contributed by atoms with Crippen molar-refractivity contribution in [3.63, 3.8) is 0 Å². The van der Waals surface area contributed by atoms with Gasteiger partial charge in [0.05, 0.1) is 25.5 Å². The van der Waals surface area contributed by atoms with Crippen LogP contribution >= 0.6 is 0 Å². The number of nitrogens with zero attached hydrogens (tertiary/aromatic N) is 3. The maximum Gasteiger partial charge on any atom is 0.227 e. The average Bonchev–Trinajstić information content (AvgIpc) is 3.26. The summed E-state index contributed by atoms with van der Waals surface area (Å²) in [5, 5.41) is 3.25. The van der Waals surface area contributed by atoms with E-state index in [0.717, 1.165) is 35.9 Å². The molecule has 0 saturated carbocycles. The van der Waals surface area contributed by atoms with Crippen molar-refractivity contribution in [1.82, 2.24) is 5.32 Å². The second-order valence-corrected chi connectivity index (χ2v) is 5.29. The van der Waals surface area contributed by atoms with Crippen LogP contribution in [-0.4, -0.2) is 31.9 Å². The molecule has 0 amide bonds. The molecule has 0 radical (unpaired) electrons. The Morgan fingerprint density at radius 2 is 2.13 bits per heavy atom. The molecule has 3 N–H and O–H groups in total. The summed E-state index contributed by atoms with van der Waals surface area (Å²) >= 11 is 0. The number of aliphatic imine (C=N–C) groups is 2. The number of rotatable bonds is 3. The van der Waals surface area contributed by atoms with Crippen molar-refractivity contribution in [2.45, 2.75) is 6.17 Å². The minimum Gasteiger partial charge on any atom is -0.497 e. The summed E-state index contributed by atoms with van der Waals surface area (Å²) < 4.78 is 10.7. The molecule has 7 nitrogen and oxygen atoms in total. The monoisotopic (exact) mass is 311 g/mol. The summed E-state index contributed by atoms with van der Waals surface area (Å²) in [7, 11) is 1.64. The van der Waals surface area contributed by atoms with Crippen LogP contribution in [0.15, 0.2) is 51.0 Å². The molecule has 2 aliphatic rings. The third-order valence-electron chi connectivity index (χ3n) is 3.94. The van der Waals surface area contributed by atoms with Crippen LogP contribution in [0.2, 0.25) is 0 Å². The topological polar surface area (TPSA) is 88.4 Å². The summed E-state index contributed by atoms with van der Waals surface area (Å²) in [6, 6.07) is 9.55.